The van der Waals surface area contributed by atoms with Crippen LogP contribution in [0.1, 0.15) is 41.3 Å². The van der Waals surface area contributed by atoms with Crippen LogP contribution in [0.25, 0.3) is 0 Å². The molecule has 33 heavy (non-hydrogen) atoms. The van der Waals surface area contributed by atoms with Crippen LogP contribution in [0.15, 0.2) is 48.9 Å². The number of rotatable bonds is 6. The van der Waals surface area contributed by atoms with Crippen molar-refractivity contribution in [3.05, 3.63) is 65.6 Å². The lowest BCUT2D eigenvalue weighted by Gasteiger charge is -2.40. The molecular formula is C23H29F3N6O. The van der Waals surface area contributed by atoms with Gasteiger partial charge in [-0.25, -0.2) is 10.8 Å². The zero-order chi connectivity index (χ0) is 24.2. The molecule has 1 aromatic heterocycles. The number of hydrogen-bond acceptors (Lipinski definition) is 6. The number of alkyl halides is 3. The summed E-state index contributed by atoms with van der Waals surface area (Å²) in [5.41, 5.74) is 6.56. The van der Waals surface area contributed by atoms with Crippen molar-refractivity contribution < 1.29 is 18.0 Å². The summed E-state index contributed by atoms with van der Waals surface area (Å²) in [5, 5.41) is 4.40. The molecule has 10 heteroatoms. The number of aryl methyl sites for hydroxylation is 1. The second-order valence-corrected chi connectivity index (χ2v) is 8.27. The lowest BCUT2D eigenvalue weighted by molar-refractivity contribution is -0.137. The topological polar surface area (TPSA) is 101 Å². The molecule has 5 N–H and O–H groups in total. The highest BCUT2D eigenvalue weighted by Crippen LogP contribution is 2.30. The number of anilines is 2. The predicted octanol–water partition coefficient (Wildman–Crippen LogP) is 3.87. The van der Waals surface area contributed by atoms with E-state index in [0.29, 0.717) is 30.2 Å². The zero-order valence-corrected chi connectivity index (χ0v) is 18.6. The van der Waals surface area contributed by atoms with Gasteiger partial charge in [0.1, 0.15) is 5.82 Å². The van der Waals surface area contributed by atoms with Gasteiger partial charge in [-0.1, -0.05) is 18.6 Å². The van der Waals surface area contributed by atoms with Crippen molar-refractivity contribution in [2.45, 2.75) is 38.9 Å². The number of nitrogens with two attached hydrogens (primary N) is 2. The Morgan fingerprint density at radius 1 is 1.33 bits per heavy atom. The number of nitrogens with zero attached hydrogens (tertiary/aromatic N) is 3. The van der Waals surface area contributed by atoms with Crippen LogP contribution in [0.2, 0.25) is 0 Å². The average Bonchev–Trinajstić information content (AvgIpc) is 2.77. The molecule has 2 heterocycles. The lowest BCUT2D eigenvalue weighted by Crippen LogP contribution is -2.51. The van der Waals surface area contributed by atoms with Gasteiger partial charge in [0, 0.05) is 31.7 Å². The molecule has 1 aromatic carbocycles. The van der Waals surface area contributed by atoms with Crippen molar-refractivity contribution in [1.82, 2.24) is 9.88 Å². The molecule has 2 aromatic rings. The van der Waals surface area contributed by atoms with Crippen LogP contribution in [-0.2, 0) is 6.18 Å². The van der Waals surface area contributed by atoms with Gasteiger partial charge in [-0.05, 0) is 49.9 Å². The van der Waals surface area contributed by atoms with Gasteiger partial charge in [0.05, 0.1) is 22.9 Å². The van der Waals surface area contributed by atoms with E-state index in [9.17, 15) is 18.0 Å². The molecule has 1 aliphatic rings. The first-order valence-electron chi connectivity index (χ1n) is 10.7. The highest BCUT2D eigenvalue weighted by atomic mass is 19.4. The lowest BCUT2D eigenvalue weighted by atomic mass is 9.89. The molecule has 0 saturated carbocycles. The molecule has 7 nitrogen and oxygen atoms in total. The number of carbonyl (C=O) groups is 1. The minimum Gasteiger partial charge on any atom is -0.403 e. The Morgan fingerprint density at radius 3 is 2.73 bits per heavy atom. The second kappa shape index (κ2) is 10.1. The number of carbonyl (C=O) groups excluding carboxylic acids is 1. The minimum atomic E-state index is -4.44. The second-order valence-electron chi connectivity index (χ2n) is 8.27. The van der Waals surface area contributed by atoms with Crippen LogP contribution >= 0.6 is 0 Å². The number of pyridine rings is 1. The number of benzene rings is 1. The summed E-state index contributed by atoms with van der Waals surface area (Å²) < 4.78 is 38.4. The van der Waals surface area contributed by atoms with Crippen LogP contribution in [-0.4, -0.2) is 34.9 Å². The third kappa shape index (κ3) is 5.75. The summed E-state index contributed by atoms with van der Waals surface area (Å²) in [6.07, 6.45) is 0.925. The first kappa shape index (κ1) is 24.4. The fourth-order valence-electron chi connectivity index (χ4n) is 4.06. The summed E-state index contributed by atoms with van der Waals surface area (Å²) in [4.78, 5) is 19.3. The van der Waals surface area contributed by atoms with E-state index >= 15 is 0 Å². The van der Waals surface area contributed by atoms with Crippen LogP contribution < -0.4 is 21.9 Å². The average molecular weight is 463 g/mol. The third-order valence-corrected chi connectivity index (χ3v) is 5.87. The van der Waals surface area contributed by atoms with Crippen LogP contribution in [0.4, 0.5) is 24.7 Å². The van der Waals surface area contributed by atoms with Crippen molar-refractivity contribution >= 4 is 17.4 Å². The van der Waals surface area contributed by atoms with Gasteiger partial charge < -0.3 is 16.0 Å². The summed E-state index contributed by atoms with van der Waals surface area (Å²) in [7, 11) is 0. The van der Waals surface area contributed by atoms with E-state index in [4.69, 9.17) is 11.6 Å². The number of hydrogen-bond donors (Lipinski definition) is 3. The number of piperidine rings is 1. The number of likely N-dealkylation sites (tertiary alicyclic amines) is 1. The van der Waals surface area contributed by atoms with Crippen molar-refractivity contribution in [2.24, 2.45) is 17.5 Å². The highest BCUT2D eigenvalue weighted by Gasteiger charge is 2.34. The Morgan fingerprint density at radius 2 is 2.09 bits per heavy atom. The monoisotopic (exact) mass is 462 g/mol. The van der Waals surface area contributed by atoms with Gasteiger partial charge in [0.2, 0.25) is 0 Å². The molecule has 2 atom stereocenters. The molecular weight excluding hydrogens is 433 g/mol. The number of aromatic nitrogens is 1. The van der Waals surface area contributed by atoms with Crippen LogP contribution in [0.5, 0.6) is 0 Å². The fraction of sp³-hybridized carbons (Fsp3) is 0.391. The maximum atomic E-state index is 13.6. The molecule has 178 valence electrons. The quantitative estimate of drug-likeness (QED) is 0.445. The largest absolute Gasteiger partial charge is 0.417 e. The molecule has 0 bridgehead atoms. The van der Waals surface area contributed by atoms with Gasteiger partial charge in [-0.3, -0.25) is 9.80 Å². The standard InChI is InChI=1S/C23H29F3N6O/c1-15-5-7-19(32(28)11-9-27)18(12-15)22(33)31-10-3-4-16(2)20(31)14-30-21-8-6-17(13-29-21)23(24,25)26/h5-9,11-13,16,20H,3-4,10,14,27-28H2,1-2H3,(H,29,30)/b11-9-/t16-,20-/m1/s1. The molecule has 0 radical (unpaired) electrons. The van der Waals surface area contributed by atoms with E-state index < -0.39 is 11.7 Å². The molecule has 1 saturated heterocycles. The number of amides is 1. The maximum absolute atomic E-state index is 13.6. The molecule has 1 aliphatic heterocycles. The zero-order valence-electron chi connectivity index (χ0n) is 18.6. The van der Waals surface area contributed by atoms with E-state index in [-0.39, 0.29) is 17.9 Å². The molecule has 3 rings (SSSR count). The van der Waals surface area contributed by atoms with Crippen LogP contribution in [0, 0.1) is 12.8 Å². The Balaban J connectivity index is 1.82. The minimum absolute atomic E-state index is 0.159. The van der Waals surface area contributed by atoms with Crippen molar-refractivity contribution in [2.75, 3.05) is 23.4 Å². The summed E-state index contributed by atoms with van der Waals surface area (Å²) in [6.45, 7) is 4.89. The van der Waals surface area contributed by atoms with E-state index in [1.54, 1.807) is 12.1 Å². The molecule has 0 spiro atoms. The molecule has 1 amide bonds. The Labute approximate surface area is 191 Å². The van der Waals surface area contributed by atoms with E-state index in [0.717, 1.165) is 30.7 Å². The van der Waals surface area contributed by atoms with E-state index in [1.807, 2.05) is 17.9 Å². The van der Waals surface area contributed by atoms with Gasteiger partial charge >= 0.3 is 6.18 Å². The Hall–Kier alpha value is -3.27. The van der Waals surface area contributed by atoms with Crippen molar-refractivity contribution in [1.29, 1.82) is 0 Å². The molecule has 0 aliphatic carbocycles. The Bertz CT molecular complexity index is 993. The summed E-state index contributed by atoms with van der Waals surface area (Å²) in [6, 6.07) is 7.55. The van der Waals surface area contributed by atoms with Gasteiger partial charge in [0.25, 0.3) is 5.91 Å². The highest BCUT2D eigenvalue weighted by molar-refractivity contribution is 6.00. The number of hydrazine groups is 1. The molecule has 0 unspecified atom stereocenters. The Kier molecular flexibility index (Phi) is 7.47. The van der Waals surface area contributed by atoms with Gasteiger partial charge in [-0.2, -0.15) is 13.2 Å². The van der Waals surface area contributed by atoms with Crippen molar-refractivity contribution in [3.63, 3.8) is 0 Å². The normalized spacial score (nSPS) is 19.0. The van der Waals surface area contributed by atoms with Crippen molar-refractivity contribution in [3.8, 4) is 0 Å². The van der Waals surface area contributed by atoms with Gasteiger partial charge in [0.15, 0.2) is 0 Å². The SMILES string of the molecule is Cc1ccc(N(N)/C=C\N)c(C(=O)N2CCC[C@@H](C)[C@H]2CNc2ccc(C(F)(F)F)cn2)c1. The fourth-order valence-corrected chi connectivity index (χ4v) is 4.06. The number of nitrogens with one attached hydrogen (secondary N) is 1. The third-order valence-electron chi connectivity index (χ3n) is 5.87. The van der Waals surface area contributed by atoms with Crippen LogP contribution in [0.3, 0.4) is 0 Å². The van der Waals surface area contributed by atoms with E-state index in [1.165, 1.54) is 23.5 Å². The summed E-state index contributed by atoms with van der Waals surface area (Å²) >= 11 is 0. The maximum Gasteiger partial charge on any atom is 0.417 e. The predicted molar refractivity (Wildman–Crippen MR) is 122 cm³/mol. The molecule has 1 fully saturated rings. The smallest absolute Gasteiger partial charge is 0.403 e. The number of halogens is 3. The first-order chi connectivity index (χ1) is 15.6. The van der Waals surface area contributed by atoms with E-state index in [2.05, 4.69) is 17.2 Å². The first-order valence-corrected chi connectivity index (χ1v) is 10.7. The summed E-state index contributed by atoms with van der Waals surface area (Å²) in [5.74, 6) is 6.41. The van der Waals surface area contributed by atoms with Gasteiger partial charge in [-0.15, -0.1) is 0 Å².